The lowest BCUT2D eigenvalue weighted by molar-refractivity contribution is 0.344. The van der Waals surface area contributed by atoms with E-state index in [2.05, 4.69) is 48.6 Å². The molecule has 28 heavy (non-hydrogen) atoms. The number of hydrogen-bond acceptors (Lipinski definition) is 3. The van der Waals surface area contributed by atoms with E-state index < -0.39 is 10.0 Å². The van der Waals surface area contributed by atoms with Gasteiger partial charge in [0, 0.05) is 29.3 Å². The van der Waals surface area contributed by atoms with Crippen molar-refractivity contribution in [2.75, 3.05) is 11.4 Å². The SMILES string of the molecule is CCN(c1c(C)cccc1C)[C@H]1CCCC[C@@H]1NS(=O)(=O)c1ccc(Cl)cc1. The Balaban J connectivity index is 1.90. The molecule has 1 N–H and O–H groups in total. The van der Waals surface area contributed by atoms with Crippen LogP contribution in [0.15, 0.2) is 47.4 Å². The Morgan fingerprint density at radius 3 is 2.25 bits per heavy atom. The van der Waals surface area contributed by atoms with Crippen LogP contribution in [0.3, 0.4) is 0 Å². The maximum absolute atomic E-state index is 13.0. The number of rotatable bonds is 6. The monoisotopic (exact) mass is 420 g/mol. The highest BCUT2D eigenvalue weighted by molar-refractivity contribution is 7.89. The van der Waals surface area contributed by atoms with Crippen LogP contribution in [0, 0.1) is 13.8 Å². The molecule has 0 unspecified atom stereocenters. The summed E-state index contributed by atoms with van der Waals surface area (Å²) in [4.78, 5) is 2.65. The third-order valence-corrected chi connectivity index (χ3v) is 7.39. The summed E-state index contributed by atoms with van der Waals surface area (Å²) >= 11 is 5.91. The molecule has 2 aromatic rings. The van der Waals surface area contributed by atoms with Gasteiger partial charge in [0.25, 0.3) is 0 Å². The first kappa shape index (κ1) is 21.2. The van der Waals surface area contributed by atoms with Crippen LogP contribution in [0.4, 0.5) is 5.69 Å². The Labute approximate surface area is 174 Å². The lowest BCUT2D eigenvalue weighted by atomic mass is 9.88. The molecule has 0 spiro atoms. The van der Waals surface area contributed by atoms with Crippen molar-refractivity contribution in [1.82, 2.24) is 4.72 Å². The van der Waals surface area contributed by atoms with Crippen molar-refractivity contribution in [3.05, 3.63) is 58.6 Å². The molecule has 0 heterocycles. The van der Waals surface area contributed by atoms with Crippen LogP contribution >= 0.6 is 11.6 Å². The molecule has 152 valence electrons. The van der Waals surface area contributed by atoms with Gasteiger partial charge < -0.3 is 4.90 Å². The molecule has 0 aromatic heterocycles. The summed E-state index contributed by atoms with van der Waals surface area (Å²) < 4.78 is 28.9. The smallest absolute Gasteiger partial charge is 0.240 e. The van der Waals surface area contributed by atoms with Crippen molar-refractivity contribution >= 4 is 27.3 Å². The third-order valence-electron chi connectivity index (χ3n) is 5.63. The van der Waals surface area contributed by atoms with Gasteiger partial charge in [0.2, 0.25) is 10.0 Å². The molecule has 1 saturated carbocycles. The molecule has 0 saturated heterocycles. The van der Waals surface area contributed by atoms with Gasteiger partial charge in [-0.15, -0.1) is 0 Å². The van der Waals surface area contributed by atoms with Gasteiger partial charge in [0.15, 0.2) is 0 Å². The Morgan fingerprint density at radius 1 is 1.04 bits per heavy atom. The Morgan fingerprint density at radius 2 is 1.64 bits per heavy atom. The molecule has 3 rings (SSSR count). The number of sulfonamides is 1. The van der Waals surface area contributed by atoms with Gasteiger partial charge in [-0.1, -0.05) is 42.6 Å². The number of benzene rings is 2. The number of halogens is 1. The van der Waals surface area contributed by atoms with E-state index in [9.17, 15) is 8.42 Å². The molecule has 1 aliphatic rings. The van der Waals surface area contributed by atoms with Crippen LogP contribution in [0.1, 0.15) is 43.7 Å². The molecule has 6 heteroatoms. The highest BCUT2D eigenvalue weighted by atomic mass is 35.5. The number of hydrogen-bond donors (Lipinski definition) is 1. The predicted octanol–water partition coefficient (Wildman–Crippen LogP) is 5.07. The van der Waals surface area contributed by atoms with Gasteiger partial charge in [-0.05, 0) is 69.0 Å². The van der Waals surface area contributed by atoms with E-state index >= 15 is 0 Å². The van der Waals surface area contributed by atoms with E-state index in [4.69, 9.17) is 11.6 Å². The highest BCUT2D eigenvalue weighted by Gasteiger charge is 2.34. The van der Waals surface area contributed by atoms with Gasteiger partial charge in [-0.3, -0.25) is 0 Å². The molecule has 0 amide bonds. The Hall–Kier alpha value is -1.56. The first-order valence-corrected chi connectivity index (χ1v) is 11.8. The third kappa shape index (κ3) is 4.53. The van der Waals surface area contributed by atoms with Crippen LogP contribution in [-0.4, -0.2) is 27.0 Å². The summed E-state index contributed by atoms with van der Waals surface area (Å²) in [5.74, 6) is 0. The first-order valence-electron chi connectivity index (χ1n) is 9.94. The lowest BCUT2D eigenvalue weighted by Crippen LogP contribution is -2.53. The van der Waals surface area contributed by atoms with Crippen molar-refractivity contribution in [3.63, 3.8) is 0 Å². The van der Waals surface area contributed by atoms with Crippen LogP contribution < -0.4 is 9.62 Å². The summed E-state index contributed by atoms with van der Waals surface area (Å²) in [6.07, 6.45) is 3.98. The number of anilines is 1. The van der Waals surface area contributed by atoms with Gasteiger partial charge in [-0.2, -0.15) is 0 Å². The number of nitrogens with zero attached hydrogens (tertiary/aromatic N) is 1. The molecule has 4 nitrogen and oxygen atoms in total. The number of aryl methyl sites for hydroxylation is 2. The molecule has 1 aliphatic carbocycles. The van der Waals surface area contributed by atoms with Crippen molar-refractivity contribution < 1.29 is 8.42 Å². The minimum Gasteiger partial charge on any atom is -0.367 e. The first-order chi connectivity index (χ1) is 13.3. The van der Waals surface area contributed by atoms with E-state index in [1.807, 2.05) is 0 Å². The summed E-state index contributed by atoms with van der Waals surface area (Å²) in [6, 6.07) is 12.7. The predicted molar refractivity (Wildman–Crippen MR) is 117 cm³/mol. The molecule has 0 aliphatic heterocycles. The van der Waals surface area contributed by atoms with Crippen molar-refractivity contribution in [2.45, 2.75) is 63.4 Å². The summed E-state index contributed by atoms with van der Waals surface area (Å²) in [7, 11) is -3.59. The largest absolute Gasteiger partial charge is 0.367 e. The Kier molecular flexibility index (Phi) is 6.69. The second-order valence-electron chi connectivity index (χ2n) is 7.56. The molecule has 2 aromatic carbocycles. The zero-order chi connectivity index (χ0) is 20.3. The van der Waals surface area contributed by atoms with Crippen molar-refractivity contribution in [3.8, 4) is 0 Å². The molecule has 0 bridgehead atoms. The molecule has 1 fully saturated rings. The summed E-state index contributed by atoms with van der Waals surface area (Å²) in [5, 5.41) is 0.529. The highest BCUT2D eigenvalue weighted by Crippen LogP contribution is 2.32. The molecule has 0 radical (unpaired) electrons. The number of nitrogens with one attached hydrogen (secondary N) is 1. The average Bonchev–Trinajstić information content (AvgIpc) is 2.66. The van der Waals surface area contributed by atoms with Gasteiger partial charge in [-0.25, -0.2) is 13.1 Å². The van der Waals surface area contributed by atoms with E-state index in [0.29, 0.717) is 5.02 Å². The van der Waals surface area contributed by atoms with E-state index in [1.165, 1.54) is 16.8 Å². The standard InChI is InChI=1S/C22H29ClN2O2S/c1-4-25(22-16(2)8-7-9-17(22)3)21-11-6-5-10-20(21)24-28(26,27)19-14-12-18(23)13-15-19/h7-9,12-15,20-21,24H,4-6,10-11H2,1-3H3/t20-,21-/m0/s1. The van der Waals surface area contributed by atoms with Crippen LogP contribution in [-0.2, 0) is 10.0 Å². The number of likely N-dealkylation sites (N-methyl/N-ethyl adjacent to an activating group) is 1. The van der Waals surface area contributed by atoms with Gasteiger partial charge in [0.1, 0.15) is 0 Å². The van der Waals surface area contributed by atoms with E-state index in [1.54, 1.807) is 24.3 Å². The Bertz CT molecular complexity index is 892. The zero-order valence-corrected chi connectivity index (χ0v) is 18.4. The summed E-state index contributed by atoms with van der Waals surface area (Å²) in [5.41, 5.74) is 3.69. The average molecular weight is 421 g/mol. The van der Waals surface area contributed by atoms with Crippen LogP contribution in [0.5, 0.6) is 0 Å². The lowest BCUT2D eigenvalue weighted by Gasteiger charge is -2.42. The molecule has 2 atom stereocenters. The van der Waals surface area contributed by atoms with E-state index in [-0.39, 0.29) is 17.0 Å². The molecular formula is C22H29ClN2O2S. The normalized spacial score (nSPS) is 20.1. The maximum atomic E-state index is 13.0. The fourth-order valence-corrected chi connectivity index (χ4v) is 5.75. The minimum absolute atomic E-state index is 0.117. The van der Waals surface area contributed by atoms with Crippen LogP contribution in [0.25, 0.3) is 0 Å². The van der Waals surface area contributed by atoms with E-state index in [0.717, 1.165) is 32.2 Å². The zero-order valence-electron chi connectivity index (χ0n) is 16.8. The van der Waals surface area contributed by atoms with Gasteiger partial charge in [0.05, 0.1) is 4.90 Å². The minimum atomic E-state index is -3.59. The quantitative estimate of drug-likeness (QED) is 0.709. The fraction of sp³-hybridized carbons (Fsp3) is 0.455. The second-order valence-corrected chi connectivity index (χ2v) is 9.71. The van der Waals surface area contributed by atoms with Gasteiger partial charge >= 0.3 is 0 Å². The summed E-state index contributed by atoms with van der Waals surface area (Å²) in [6.45, 7) is 7.24. The van der Waals surface area contributed by atoms with Crippen LogP contribution in [0.2, 0.25) is 5.02 Å². The fourth-order valence-electron chi connectivity index (χ4n) is 4.32. The number of para-hydroxylation sites is 1. The van der Waals surface area contributed by atoms with Crippen molar-refractivity contribution in [2.24, 2.45) is 0 Å². The van der Waals surface area contributed by atoms with Crippen molar-refractivity contribution in [1.29, 1.82) is 0 Å². The molecular weight excluding hydrogens is 392 g/mol. The topological polar surface area (TPSA) is 49.4 Å². The second kappa shape index (κ2) is 8.85. The maximum Gasteiger partial charge on any atom is 0.240 e.